The second kappa shape index (κ2) is 6.92. The number of carbonyl (C=O) groups excluding carboxylic acids is 2. The summed E-state index contributed by atoms with van der Waals surface area (Å²) in [5.74, 6) is -0.969. The Hall–Kier alpha value is -2.67. The van der Waals surface area contributed by atoms with Crippen molar-refractivity contribution in [3.63, 3.8) is 0 Å². The molecule has 1 aliphatic heterocycles. The Balaban J connectivity index is 1.92. The van der Waals surface area contributed by atoms with Gasteiger partial charge in [0.2, 0.25) is 5.91 Å². The molecule has 0 spiro atoms. The van der Waals surface area contributed by atoms with Crippen LogP contribution in [0, 0.1) is 6.92 Å². The predicted molar refractivity (Wildman–Crippen MR) is 98.1 cm³/mol. The molecule has 2 aromatic rings. The van der Waals surface area contributed by atoms with Crippen molar-refractivity contribution >= 4 is 27.5 Å². The lowest BCUT2D eigenvalue weighted by Crippen LogP contribution is -2.48. The third-order valence-corrected chi connectivity index (χ3v) is 6.34. The van der Waals surface area contributed by atoms with Crippen LogP contribution in [0.1, 0.15) is 18.4 Å². The van der Waals surface area contributed by atoms with Crippen LogP contribution < -0.4 is 4.90 Å². The number of nitrogens with zero attached hydrogens (tertiary/aromatic N) is 2. The highest BCUT2D eigenvalue weighted by Crippen LogP contribution is 2.29. The molecule has 0 saturated carbocycles. The van der Waals surface area contributed by atoms with Crippen LogP contribution in [0.4, 0.5) is 5.69 Å². The van der Waals surface area contributed by atoms with Gasteiger partial charge < -0.3 is 4.90 Å². The Morgan fingerprint density at radius 3 is 2.31 bits per heavy atom. The molecule has 3 rings (SSSR count). The number of sulfonamides is 1. The minimum Gasteiger partial charge on any atom is -0.314 e. The fraction of sp³-hybridized carbons (Fsp3) is 0.263. The summed E-state index contributed by atoms with van der Waals surface area (Å²) in [5, 5.41) is 0. The van der Waals surface area contributed by atoms with Crippen LogP contribution >= 0.6 is 0 Å². The van der Waals surface area contributed by atoms with E-state index in [9.17, 15) is 18.0 Å². The van der Waals surface area contributed by atoms with Crippen molar-refractivity contribution in [2.24, 2.45) is 0 Å². The summed E-state index contributed by atoms with van der Waals surface area (Å²) in [6.07, 6.45) is 0.212. The van der Waals surface area contributed by atoms with E-state index in [2.05, 4.69) is 0 Å². The standard InChI is InChI=1S/C19H20N2O4S/c1-14-8-10-15(11-9-14)20(2)19(23)17-12-13-18(22)21(17)26(24,25)16-6-4-3-5-7-16/h3-11,17H,12-13H2,1-2H3/t17-/m0/s1. The maximum absolute atomic E-state index is 12.9. The quantitative estimate of drug-likeness (QED) is 0.826. The van der Waals surface area contributed by atoms with Crippen LogP contribution in [0.25, 0.3) is 0 Å². The number of aryl methyl sites for hydroxylation is 1. The van der Waals surface area contributed by atoms with E-state index in [4.69, 9.17) is 0 Å². The van der Waals surface area contributed by atoms with Crippen LogP contribution in [-0.4, -0.2) is 37.6 Å². The predicted octanol–water partition coefficient (Wildman–Crippen LogP) is 2.34. The molecule has 0 bridgehead atoms. The van der Waals surface area contributed by atoms with Crippen molar-refractivity contribution in [3.05, 3.63) is 60.2 Å². The van der Waals surface area contributed by atoms with Crippen LogP contribution in [0.2, 0.25) is 0 Å². The number of hydrogen-bond donors (Lipinski definition) is 0. The Kier molecular flexibility index (Phi) is 4.82. The second-order valence-corrected chi connectivity index (χ2v) is 8.11. The van der Waals surface area contributed by atoms with E-state index in [-0.39, 0.29) is 17.7 Å². The smallest absolute Gasteiger partial charge is 0.267 e. The number of likely N-dealkylation sites (N-methyl/N-ethyl adjacent to an activating group) is 1. The van der Waals surface area contributed by atoms with E-state index in [1.165, 1.54) is 17.0 Å². The van der Waals surface area contributed by atoms with Crippen molar-refractivity contribution in [2.75, 3.05) is 11.9 Å². The van der Waals surface area contributed by atoms with Crippen molar-refractivity contribution in [3.8, 4) is 0 Å². The summed E-state index contributed by atoms with van der Waals surface area (Å²) in [6, 6.07) is 14.0. The normalized spacial score (nSPS) is 17.4. The molecule has 1 aliphatic rings. The highest BCUT2D eigenvalue weighted by atomic mass is 32.2. The van der Waals surface area contributed by atoms with Crippen LogP contribution in [0.15, 0.2) is 59.5 Å². The molecular weight excluding hydrogens is 352 g/mol. The van der Waals surface area contributed by atoms with Gasteiger partial charge in [-0.25, -0.2) is 12.7 Å². The minimum atomic E-state index is -4.07. The SMILES string of the molecule is Cc1ccc(N(C)C(=O)[C@@H]2CCC(=O)N2S(=O)(=O)c2ccccc2)cc1. The molecule has 0 radical (unpaired) electrons. The van der Waals surface area contributed by atoms with Crippen LogP contribution in [0.3, 0.4) is 0 Å². The molecule has 2 amide bonds. The topological polar surface area (TPSA) is 74.8 Å². The molecule has 7 heteroatoms. The van der Waals surface area contributed by atoms with Crippen molar-refractivity contribution < 1.29 is 18.0 Å². The number of hydrogen-bond acceptors (Lipinski definition) is 4. The maximum Gasteiger partial charge on any atom is 0.267 e. The molecule has 136 valence electrons. The zero-order valence-corrected chi connectivity index (χ0v) is 15.4. The summed E-state index contributed by atoms with van der Waals surface area (Å²) < 4.78 is 26.5. The lowest BCUT2D eigenvalue weighted by molar-refractivity contribution is -0.129. The van der Waals surface area contributed by atoms with E-state index < -0.39 is 27.9 Å². The summed E-state index contributed by atoms with van der Waals surface area (Å²) in [6.45, 7) is 1.94. The second-order valence-electron chi connectivity index (χ2n) is 6.29. The van der Waals surface area contributed by atoms with Gasteiger partial charge in [0.25, 0.3) is 15.9 Å². The average molecular weight is 372 g/mol. The van der Waals surface area contributed by atoms with E-state index in [0.717, 1.165) is 9.87 Å². The van der Waals surface area contributed by atoms with Gasteiger partial charge in [0.1, 0.15) is 6.04 Å². The molecule has 0 unspecified atom stereocenters. The summed E-state index contributed by atoms with van der Waals surface area (Å²) >= 11 is 0. The zero-order valence-electron chi connectivity index (χ0n) is 14.6. The van der Waals surface area contributed by atoms with Crippen LogP contribution in [-0.2, 0) is 19.6 Å². The fourth-order valence-electron chi connectivity index (χ4n) is 3.01. The summed E-state index contributed by atoms with van der Waals surface area (Å²) in [5.41, 5.74) is 1.70. The van der Waals surface area contributed by atoms with E-state index in [1.54, 1.807) is 37.4 Å². The lowest BCUT2D eigenvalue weighted by atomic mass is 10.1. The molecule has 0 aliphatic carbocycles. The van der Waals surface area contributed by atoms with Gasteiger partial charge in [-0.2, -0.15) is 0 Å². The van der Waals surface area contributed by atoms with Gasteiger partial charge in [-0.05, 0) is 37.6 Å². The number of rotatable bonds is 4. The van der Waals surface area contributed by atoms with Gasteiger partial charge >= 0.3 is 0 Å². The number of benzene rings is 2. The molecule has 1 saturated heterocycles. The van der Waals surface area contributed by atoms with Gasteiger partial charge in [-0.3, -0.25) is 9.59 Å². The Morgan fingerprint density at radius 1 is 1.08 bits per heavy atom. The molecule has 0 aromatic heterocycles. The highest BCUT2D eigenvalue weighted by molar-refractivity contribution is 7.89. The molecular formula is C19H20N2O4S. The number of anilines is 1. The van der Waals surface area contributed by atoms with Crippen molar-refractivity contribution in [1.29, 1.82) is 0 Å². The Labute approximate surface area is 153 Å². The average Bonchev–Trinajstić information content (AvgIpc) is 3.04. The molecule has 2 aromatic carbocycles. The fourth-order valence-corrected chi connectivity index (χ4v) is 4.63. The third-order valence-electron chi connectivity index (χ3n) is 4.50. The number of amides is 2. The van der Waals surface area contributed by atoms with Gasteiger partial charge in [-0.15, -0.1) is 0 Å². The van der Waals surface area contributed by atoms with Gasteiger partial charge in [-0.1, -0.05) is 35.9 Å². The summed E-state index contributed by atoms with van der Waals surface area (Å²) in [4.78, 5) is 26.6. The Bertz CT molecular complexity index is 924. The Morgan fingerprint density at radius 2 is 1.69 bits per heavy atom. The minimum absolute atomic E-state index is 0.00559. The first-order valence-corrected chi connectivity index (χ1v) is 9.73. The molecule has 6 nitrogen and oxygen atoms in total. The third kappa shape index (κ3) is 3.22. The van der Waals surface area contributed by atoms with Crippen molar-refractivity contribution in [1.82, 2.24) is 4.31 Å². The van der Waals surface area contributed by atoms with E-state index in [1.807, 2.05) is 19.1 Å². The maximum atomic E-state index is 12.9. The molecule has 1 atom stereocenters. The number of carbonyl (C=O) groups is 2. The zero-order chi connectivity index (χ0) is 18.9. The molecule has 1 heterocycles. The molecule has 1 fully saturated rings. The van der Waals surface area contributed by atoms with E-state index in [0.29, 0.717) is 5.69 Å². The largest absolute Gasteiger partial charge is 0.314 e. The van der Waals surface area contributed by atoms with Gasteiger partial charge in [0, 0.05) is 19.2 Å². The monoisotopic (exact) mass is 372 g/mol. The summed E-state index contributed by atoms with van der Waals surface area (Å²) in [7, 11) is -2.48. The lowest BCUT2D eigenvalue weighted by Gasteiger charge is -2.27. The van der Waals surface area contributed by atoms with Gasteiger partial charge in [0.05, 0.1) is 4.90 Å². The first-order valence-electron chi connectivity index (χ1n) is 8.29. The molecule has 0 N–H and O–H groups in total. The first-order chi connectivity index (χ1) is 12.3. The van der Waals surface area contributed by atoms with Gasteiger partial charge in [0.15, 0.2) is 0 Å². The van der Waals surface area contributed by atoms with Crippen LogP contribution in [0.5, 0.6) is 0 Å². The first kappa shape index (κ1) is 18.1. The van der Waals surface area contributed by atoms with E-state index >= 15 is 0 Å². The van der Waals surface area contributed by atoms with Crippen molar-refractivity contribution in [2.45, 2.75) is 30.7 Å². The molecule has 26 heavy (non-hydrogen) atoms. The highest BCUT2D eigenvalue weighted by Gasteiger charge is 2.45.